The molecule has 3 N–H and O–H groups in total. The fraction of sp³-hybridized carbons (Fsp3) is 0.909. The summed E-state index contributed by atoms with van der Waals surface area (Å²) < 4.78 is 10.6. The zero-order valence-corrected chi connectivity index (χ0v) is 14.2. The first-order valence-electron chi connectivity index (χ1n) is 5.78. The number of aliphatic hydroxyl groups excluding tert-OH is 3. The van der Waals surface area contributed by atoms with Gasteiger partial charge in [0.05, 0.1) is 12.7 Å². The van der Waals surface area contributed by atoms with Crippen LogP contribution in [0, 0.1) is 37.5 Å². The molecule has 4 atom stereocenters. The van der Waals surface area contributed by atoms with E-state index in [1.165, 1.54) is 6.42 Å². The maximum Gasteiger partial charge on any atom is 0.106 e. The van der Waals surface area contributed by atoms with E-state index >= 15 is 0 Å². The summed E-state index contributed by atoms with van der Waals surface area (Å²) in [4.78, 5) is 0. The van der Waals surface area contributed by atoms with Crippen LogP contribution >= 0.6 is 0 Å². The number of unbranched alkanes of at least 4 members (excludes halogenated alkanes) is 2. The van der Waals surface area contributed by atoms with Gasteiger partial charge >= 0.3 is 0 Å². The van der Waals surface area contributed by atoms with Gasteiger partial charge in [-0.15, -0.1) is 0 Å². The van der Waals surface area contributed by atoms with Gasteiger partial charge in [0.25, 0.3) is 0 Å². The molecule has 1 saturated heterocycles. The molecule has 5 nitrogen and oxygen atoms in total. The molecule has 1 rings (SSSR count). The van der Waals surface area contributed by atoms with Gasteiger partial charge in [0.15, 0.2) is 0 Å². The van der Waals surface area contributed by atoms with E-state index in [1.54, 1.807) is 0 Å². The van der Waals surface area contributed by atoms with Crippen molar-refractivity contribution in [3.63, 3.8) is 0 Å². The summed E-state index contributed by atoms with van der Waals surface area (Å²) >= 11 is 0. The van der Waals surface area contributed by atoms with Gasteiger partial charge in [-0.25, -0.2) is 6.42 Å². The monoisotopic (exact) mass is 471 g/mol. The van der Waals surface area contributed by atoms with E-state index in [4.69, 9.17) is 14.6 Å². The van der Waals surface area contributed by atoms with Gasteiger partial charge < -0.3 is 24.8 Å². The Kier molecular flexibility index (Phi) is 10.2. The minimum absolute atomic E-state index is 0. The van der Waals surface area contributed by atoms with Crippen molar-refractivity contribution < 1.29 is 55.9 Å². The molecule has 0 saturated carbocycles. The predicted octanol–water partition coefficient (Wildman–Crippen LogP) is -0.164. The number of rotatable bonds is 6. The molecule has 17 heavy (non-hydrogen) atoms. The SMILES string of the molecule is CCCCCO[C@H]1[CH-][C@@H](O)[C@@H](O)[C@@H](CO)O1.[U]. The summed E-state index contributed by atoms with van der Waals surface area (Å²) in [5, 5.41) is 27.9. The molecule has 0 aliphatic carbocycles. The van der Waals surface area contributed by atoms with Crippen LogP contribution in [-0.4, -0.2) is 53.1 Å². The molecule has 0 bridgehead atoms. The Morgan fingerprint density at radius 1 is 1.29 bits per heavy atom. The van der Waals surface area contributed by atoms with Crippen molar-refractivity contribution >= 4 is 0 Å². The largest absolute Gasteiger partial charge is 0.422 e. The van der Waals surface area contributed by atoms with Gasteiger partial charge in [-0.3, -0.25) is 0 Å². The smallest absolute Gasteiger partial charge is 0.106 e. The molecule has 1 aliphatic rings. The van der Waals surface area contributed by atoms with Crippen LogP contribution in [0.3, 0.4) is 0 Å². The quantitative estimate of drug-likeness (QED) is 0.371. The summed E-state index contributed by atoms with van der Waals surface area (Å²) in [6.45, 7) is 2.32. The fourth-order valence-electron chi connectivity index (χ4n) is 1.59. The first-order chi connectivity index (χ1) is 7.69. The molecular weight excluding hydrogens is 450 g/mol. The first kappa shape index (κ1) is 17.9. The van der Waals surface area contributed by atoms with Gasteiger partial charge in [0.1, 0.15) is 6.10 Å². The van der Waals surface area contributed by atoms with Gasteiger partial charge in [0.2, 0.25) is 0 Å². The Bertz CT molecular complexity index is 193. The van der Waals surface area contributed by atoms with Crippen molar-refractivity contribution in [2.45, 2.75) is 50.8 Å². The van der Waals surface area contributed by atoms with E-state index in [9.17, 15) is 10.2 Å². The molecule has 100 valence electrons. The Morgan fingerprint density at radius 2 is 2.00 bits per heavy atom. The van der Waals surface area contributed by atoms with Gasteiger partial charge in [-0.05, 0) is 12.5 Å². The molecule has 0 aromatic rings. The fourth-order valence-corrected chi connectivity index (χ4v) is 1.59. The topological polar surface area (TPSA) is 79.2 Å². The molecule has 6 heteroatoms. The summed E-state index contributed by atoms with van der Waals surface area (Å²) in [5.74, 6) is 0. The van der Waals surface area contributed by atoms with Crippen LogP contribution in [0.25, 0.3) is 0 Å². The number of ether oxygens (including phenoxy) is 2. The van der Waals surface area contributed by atoms with Crippen molar-refractivity contribution in [3.8, 4) is 0 Å². The first-order valence-corrected chi connectivity index (χ1v) is 5.78. The van der Waals surface area contributed by atoms with Gasteiger partial charge in [0, 0.05) is 44.0 Å². The third-order valence-corrected chi connectivity index (χ3v) is 2.60. The second-order valence-corrected chi connectivity index (χ2v) is 3.98. The van der Waals surface area contributed by atoms with E-state index in [1.807, 2.05) is 0 Å². The Hall–Kier alpha value is 0.852. The van der Waals surface area contributed by atoms with Crippen LogP contribution in [0.2, 0.25) is 0 Å². The van der Waals surface area contributed by atoms with E-state index in [-0.39, 0.29) is 37.7 Å². The number of hydrogen-bond acceptors (Lipinski definition) is 5. The Morgan fingerprint density at radius 3 is 2.59 bits per heavy atom. The molecule has 0 radical (unpaired) electrons. The van der Waals surface area contributed by atoms with E-state index in [0.717, 1.165) is 19.3 Å². The molecule has 0 unspecified atom stereocenters. The third-order valence-electron chi connectivity index (χ3n) is 2.60. The maximum absolute atomic E-state index is 9.48. The molecule has 0 amide bonds. The third kappa shape index (κ3) is 6.02. The molecule has 0 spiro atoms. The van der Waals surface area contributed by atoms with Crippen LogP contribution in [0.5, 0.6) is 0 Å². The van der Waals surface area contributed by atoms with Crippen molar-refractivity contribution in [2.24, 2.45) is 0 Å². The minimum atomic E-state index is -1.08. The molecule has 0 aromatic carbocycles. The van der Waals surface area contributed by atoms with E-state index < -0.39 is 24.6 Å². The summed E-state index contributed by atoms with van der Waals surface area (Å²) in [7, 11) is 0. The normalized spacial score (nSPS) is 33.2. The van der Waals surface area contributed by atoms with E-state index in [2.05, 4.69) is 6.92 Å². The molecule has 1 heterocycles. The summed E-state index contributed by atoms with van der Waals surface area (Å²) in [6, 6.07) is 0. The molecule has 0 aromatic heterocycles. The second-order valence-electron chi connectivity index (χ2n) is 3.98. The Labute approximate surface area is 126 Å². The van der Waals surface area contributed by atoms with Crippen LogP contribution in [0.15, 0.2) is 0 Å². The summed E-state index contributed by atoms with van der Waals surface area (Å²) in [6.07, 6.45) is 1.02. The minimum Gasteiger partial charge on any atom is -0.422 e. The van der Waals surface area contributed by atoms with Crippen LogP contribution in [0.1, 0.15) is 26.2 Å². The second kappa shape index (κ2) is 9.74. The molecule has 1 aliphatic heterocycles. The average Bonchev–Trinajstić information content (AvgIpc) is 2.29. The van der Waals surface area contributed by atoms with Crippen LogP contribution in [0.4, 0.5) is 0 Å². The molecule has 1 fully saturated rings. The standard InChI is InChI=1S/C11H21O5.U/c1-2-3-4-5-15-10-6-8(13)11(14)9(7-12)16-10;/h6,8-14H,2-5,7H2,1H3;/q-1;/t8-,9-,10-,11-;/m1./s1. The van der Waals surface area contributed by atoms with Crippen LogP contribution in [-0.2, 0) is 9.47 Å². The maximum atomic E-state index is 9.48. The van der Waals surface area contributed by atoms with E-state index in [0.29, 0.717) is 6.61 Å². The van der Waals surface area contributed by atoms with Gasteiger partial charge in [-0.2, -0.15) is 0 Å². The number of hydrogen-bond donors (Lipinski definition) is 3. The average molecular weight is 471 g/mol. The molecular formula is C11H21O5U-. The zero-order valence-electron chi connectivity index (χ0n) is 10.1. The van der Waals surface area contributed by atoms with Gasteiger partial charge in [-0.1, -0.05) is 19.8 Å². The van der Waals surface area contributed by atoms with Crippen molar-refractivity contribution in [3.05, 3.63) is 6.42 Å². The number of aliphatic hydroxyl groups is 3. The van der Waals surface area contributed by atoms with Crippen molar-refractivity contribution in [2.75, 3.05) is 13.2 Å². The van der Waals surface area contributed by atoms with Crippen molar-refractivity contribution in [1.82, 2.24) is 0 Å². The summed E-state index contributed by atoms with van der Waals surface area (Å²) in [5.41, 5.74) is 0. The Balaban J connectivity index is 0.00000256. The van der Waals surface area contributed by atoms with Crippen LogP contribution < -0.4 is 0 Å². The zero-order chi connectivity index (χ0) is 12.0. The van der Waals surface area contributed by atoms with Crippen molar-refractivity contribution in [1.29, 1.82) is 0 Å². The predicted molar refractivity (Wildman–Crippen MR) is 57.5 cm³/mol.